The molecule has 0 radical (unpaired) electrons. The van der Waals surface area contributed by atoms with E-state index in [1.807, 2.05) is 18.3 Å². The molecule has 0 aliphatic carbocycles. The molecule has 0 spiro atoms. The number of hydrogen-bond donors (Lipinski definition) is 1. The summed E-state index contributed by atoms with van der Waals surface area (Å²) in [6.45, 7) is 1.04. The lowest BCUT2D eigenvalue weighted by molar-refractivity contribution is 0.265. The summed E-state index contributed by atoms with van der Waals surface area (Å²) in [5, 5.41) is 4.03. The molecule has 0 atom stereocenters. The van der Waals surface area contributed by atoms with Gasteiger partial charge in [-0.25, -0.2) is 17.2 Å². The zero-order valence-electron chi connectivity index (χ0n) is 9.81. The highest BCUT2D eigenvalue weighted by atomic mass is 32.2. The van der Waals surface area contributed by atoms with Gasteiger partial charge in [0.2, 0.25) is 16.0 Å². The summed E-state index contributed by atoms with van der Waals surface area (Å²) in [4.78, 5) is 4.03. The molecule has 0 saturated carbocycles. The summed E-state index contributed by atoms with van der Waals surface area (Å²) in [7, 11) is -3.07. The third-order valence-electron chi connectivity index (χ3n) is 3.16. The Bertz CT molecular complexity index is 702. The van der Waals surface area contributed by atoms with Crippen molar-refractivity contribution in [1.82, 2.24) is 18.9 Å². The minimum Gasteiger partial charge on any atom is -0.366 e. The zero-order chi connectivity index (χ0) is 12.9. The fourth-order valence-corrected chi connectivity index (χ4v) is 2.98. The van der Waals surface area contributed by atoms with Gasteiger partial charge in [-0.05, 0) is 11.6 Å². The minimum absolute atomic E-state index is 0.217. The maximum Gasteiger partial charge on any atom is 0.240 e. The molecule has 18 heavy (non-hydrogen) atoms. The monoisotopic (exact) mass is 267 g/mol. The van der Waals surface area contributed by atoms with Crippen LogP contribution in [0.15, 0.2) is 18.3 Å². The number of nitrogens with zero attached hydrogens (tertiary/aromatic N) is 4. The second-order valence-electron chi connectivity index (χ2n) is 4.51. The van der Waals surface area contributed by atoms with Crippen LogP contribution in [0.4, 0.5) is 5.95 Å². The number of sulfonamides is 1. The Morgan fingerprint density at radius 1 is 1.39 bits per heavy atom. The van der Waals surface area contributed by atoms with E-state index in [0.29, 0.717) is 18.7 Å². The average molecular weight is 267 g/mol. The Morgan fingerprint density at radius 3 is 2.78 bits per heavy atom. The maximum atomic E-state index is 11.3. The summed E-state index contributed by atoms with van der Waals surface area (Å²) in [5.41, 5.74) is 7.25. The number of nitrogen functional groups attached to an aromatic ring is 1. The molecule has 7 nitrogen and oxygen atoms in total. The van der Waals surface area contributed by atoms with E-state index in [-0.39, 0.29) is 11.9 Å². The van der Waals surface area contributed by atoms with Gasteiger partial charge in [-0.1, -0.05) is 6.07 Å². The van der Waals surface area contributed by atoms with Crippen LogP contribution in [0.2, 0.25) is 0 Å². The molecule has 2 N–H and O–H groups in total. The van der Waals surface area contributed by atoms with Crippen molar-refractivity contribution in [2.75, 3.05) is 25.1 Å². The van der Waals surface area contributed by atoms with Crippen molar-refractivity contribution < 1.29 is 8.42 Å². The van der Waals surface area contributed by atoms with Gasteiger partial charge in [0.25, 0.3) is 0 Å². The number of anilines is 1. The summed E-state index contributed by atoms with van der Waals surface area (Å²) in [6, 6.07) is 3.77. The first-order valence-electron chi connectivity index (χ1n) is 5.50. The Labute approximate surface area is 104 Å². The molecule has 2 aromatic rings. The summed E-state index contributed by atoms with van der Waals surface area (Å²) >= 11 is 0. The van der Waals surface area contributed by atoms with Crippen molar-refractivity contribution >= 4 is 21.6 Å². The first kappa shape index (κ1) is 11.4. The molecule has 3 heterocycles. The molecule has 2 aromatic heterocycles. The van der Waals surface area contributed by atoms with Crippen molar-refractivity contribution in [3.8, 4) is 0 Å². The van der Waals surface area contributed by atoms with Gasteiger partial charge in [0, 0.05) is 25.2 Å². The molecule has 8 heteroatoms. The molecule has 0 bridgehead atoms. The van der Waals surface area contributed by atoms with Gasteiger partial charge in [-0.2, -0.15) is 4.98 Å². The molecule has 96 valence electrons. The number of nitrogens with two attached hydrogens (primary N) is 1. The molecular weight excluding hydrogens is 254 g/mol. The van der Waals surface area contributed by atoms with Crippen molar-refractivity contribution in [3.63, 3.8) is 0 Å². The van der Waals surface area contributed by atoms with Gasteiger partial charge in [-0.15, -0.1) is 5.10 Å². The first-order chi connectivity index (χ1) is 8.43. The highest BCUT2D eigenvalue weighted by Gasteiger charge is 2.34. The van der Waals surface area contributed by atoms with E-state index in [0.717, 1.165) is 5.56 Å². The Balaban J connectivity index is 1.84. The summed E-state index contributed by atoms with van der Waals surface area (Å²) in [6.07, 6.45) is 3.08. The van der Waals surface area contributed by atoms with Crippen molar-refractivity contribution in [2.45, 2.75) is 5.92 Å². The molecule has 0 aromatic carbocycles. The highest BCUT2D eigenvalue weighted by molar-refractivity contribution is 7.88. The fourth-order valence-electron chi connectivity index (χ4n) is 2.08. The van der Waals surface area contributed by atoms with Crippen LogP contribution in [0.25, 0.3) is 5.65 Å². The predicted octanol–water partition coefficient (Wildman–Crippen LogP) is -0.330. The molecule has 0 unspecified atom stereocenters. The van der Waals surface area contributed by atoms with Gasteiger partial charge < -0.3 is 5.73 Å². The van der Waals surface area contributed by atoms with Gasteiger partial charge in [0.1, 0.15) is 0 Å². The van der Waals surface area contributed by atoms with E-state index >= 15 is 0 Å². The van der Waals surface area contributed by atoms with E-state index in [9.17, 15) is 8.42 Å². The second-order valence-corrected chi connectivity index (χ2v) is 6.49. The Kier molecular flexibility index (Phi) is 2.32. The molecule has 1 aliphatic rings. The van der Waals surface area contributed by atoms with Crippen LogP contribution >= 0.6 is 0 Å². The van der Waals surface area contributed by atoms with Crippen LogP contribution in [-0.2, 0) is 10.0 Å². The lowest BCUT2D eigenvalue weighted by Gasteiger charge is -2.37. The molecular formula is C10H13N5O2S. The topological polar surface area (TPSA) is 93.6 Å². The number of aromatic nitrogens is 3. The van der Waals surface area contributed by atoms with Crippen LogP contribution in [-0.4, -0.2) is 46.7 Å². The molecule has 1 saturated heterocycles. The van der Waals surface area contributed by atoms with Crippen molar-refractivity contribution in [1.29, 1.82) is 0 Å². The number of fused-ring (bicyclic) bond motifs is 1. The minimum atomic E-state index is -3.07. The lowest BCUT2D eigenvalue weighted by atomic mass is 9.95. The number of rotatable bonds is 2. The Hall–Kier alpha value is -1.67. The first-order valence-corrected chi connectivity index (χ1v) is 7.35. The molecule has 0 amide bonds. The maximum absolute atomic E-state index is 11.3. The van der Waals surface area contributed by atoms with Crippen LogP contribution in [0.3, 0.4) is 0 Å². The third-order valence-corrected chi connectivity index (χ3v) is 4.39. The standard InChI is InChI=1S/C10H13N5O2S/c1-18(16,17)14-4-8(5-14)7-2-3-9-12-10(11)13-15(9)6-7/h2-3,6,8H,4-5H2,1H3,(H2,11,13). The van der Waals surface area contributed by atoms with E-state index < -0.39 is 10.0 Å². The SMILES string of the molecule is CS(=O)(=O)N1CC(c2ccc3nc(N)nn3c2)C1. The summed E-state index contributed by atoms with van der Waals surface area (Å²) in [5.74, 6) is 0.452. The van der Waals surface area contributed by atoms with Gasteiger partial charge >= 0.3 is 0 Å². The second kappa shape index (κ2) is 3.66. The van der Waals surface area contributed by atoms with Crippen molar-refractivity contribution in [3.05, 3.63) is 23.9 Å². The van der Waals surface area contributed by atoms with Gasteiger partial charge in [0.05, 0.1) is 6.26 Å². The van der Waals surface area contributed by atoms with Crippen LogP contribution in [0.1, 0.15) is 11.5 Å². The molecule has 1 fully saturated rings. The average Bonchev–Trinajstić information content (AvgIpc) is 2.52. The third kappa shape index (κ3) is 1.83. The summed E-state index contributed by atoms with van der Waals surface area (Å²) < 4.78 is 25.7. The zero-order valence-corrected chi connectivity index (χ0v) is 10.6. The number of hydrogen-bond acceptors (Lipinski definition) is 5. The van der Waals surface area contributed by atoms with Crippen LogP contribution < -0.4 is 5.73 Å². The van der Waals surface area contributed by atoms with Gasteiger partial charge in [0.15, 0.2) is 5.65 Å². The number of pyridine rings is 1. The van der Waals surface area contributed by atoms with Gasteiger partial charge in [-0.3, -0.25) is 0 Å². The molecule has 3 rings (SSSR count). The fraction of sp³-hybridized carbons (Fsp3) is 0.400. The lowest BCUT2D eigenvalue weighted by Crippen LogP contribution is -2.47. The largest absolute Gasteiger partial charge is 0.366 e. The van der Waals surface area contributed by atoms with E-state index in [4.69, 9.17) is 5.73 Å². The van der Waals surface area contributed by atoms with Crippen molar-refractivity contribution in [2.24, 2.45) is 0 Å². The predicted molar refractivity (Wildman–Crippen MR) is 66.6 cm³/mol. The van der Waals surface area contributed by atoms with E-state index in [1.54, 1.807) is 4.52 Å². The smallest absolute Gasteiger partial charge is 0.240 e. The van der Waals surface area contributed by atoms with E-state index in [1.165, 1.54) is 10.6 Å². The normalized spacial score (nSPS) is 18.1. The quantitative estimate of drug-likeness (QED) is 0.804. The molecule has 1 aliphatic heterocycles. The van der Waals surface area contributed by atoms with Crippen LogP contribution in [0.5, 0.6) is 0 Å². The van der Waals surface area contributed by atoms with E-state index in [2.05, 4.69) is 10.1 Å². The van der Waals surface area contributed by atoms with Crippen LogP contribution in [0, 0.1) is 0 Å². The Morgan fingerprint density at radius 2 is 2.11 bits per heavy atom. The highest BCUT2D eigenvalue weighted by Crippen LogP contribution is 2.28.